The summed E-state index contributed by atoms with van der Waals surface area (Å²) in [4.78, 5) is 10.7. The summed E-state index contributed by atoms with van der Waals surface area (Å²) in [5, 5.41) is 0. The molecule has 25 heavy (non-hydrogen) atoms. The van der Waals surface area contributed by atoms with Gasteiger partial charge in [0.05, 0.1) is 19.0 Å². The molecule has 2 heterocycles. The molecule has 2 aromatic rings. The van der Waals surface area contributed by atoms with Crippen molar-refractivity contribution in [3.05, 3.63) is 52.9 Å². The molecule has 0 radical (unpaired) electrons. The van der Waals surface area contributed by atoms with E-state index in [0.717, 1.165) is 6.20 Å². The Morgan fingerprint density at radius 1 is 1.20 bits per heavy atom. The fraction of sp³-hybridized carbons (Fsp3) is 0.353. The standard InChI is InChI=1S/C17H13F4N3O/c1-8-12-13(15(19)14(8)18)11(7-24-16(12)17(2,20)21)25-10-4-9(22-3)5-23-6-10/h4-8,14-15H,1-2H3/t8-,14-,15+/m0/s1. The molecule has 0 N–H and O–H groups in total. The second-order valence-corrected chi connectivity index (χ2v) is 5.91. The van der Waals surface area contributed by atoms with Crippen LogP contribution in [0.25, 0.3) is 4.85 Å². The Hall–Kier alpha value is -2.69. The molecule has 0 fully saturated rings. The van der Waals surface area contributed by atoms with Gasteiger partial charge in [0, 0.05) is 24.6 Å². The molecule has 8 heteroatoms. The minimum atomic E-state index is -3.34. The van der Waals surface area contributed by atoms with Crippen LogP contribution >= 0.6 is 0 Å². The number of ether oxygens (including phenoxy) is 1. The van der Waals surface area contributed by atoms with Gasteiger partial charge >= 0.3 is 0 Å². The first-order valence-electron chi connectivity index (χ1n) is 7.43. The van der Waals surface area contributed by atoms with Crippen molar-refractivity contribution in [2.45, 2.75) is 38.0 Å². The van der Waals surface area contributed by atoms with Crippen LogP contribution in [0.5, 0.6) is 11.5 Å². The Kier molecular flexibility index (Phi) is 4.11. The second-order valence-electron chi connectivity index (χ2n) is 5.91. The molecule has 0 aliphatic heterocycles. The molecule has 0 bridgehead atoms. The molecule has 0 amide bonds. The first kappa shape index (κ1) is 17.1. The van der Waals surface area contributed by atoms with E-state index in [1.54, 1.807) is 0 Å². The van der Waals surface area contributed by atoms with Gasteiger partial charge in [0.25, 0.3) is 5.92 Å². The van der Waals surface area contributed by atoms with E-state index in [2.05, 4.69) is 14.8 Å². The van der Waals surface area contributed by atoms with Gasteiger partial charge in [-0.15, -0.1) is 0 Å². The third-order valence-electron chi connectivity index (χ3n) is 4.08. The normalized spacial score (nSPS) is 22.4. The molecule has 2 aromatic heterocycles. The van der Waals surface area contributed by atoms with Crippen LogP contribution in [0.3, 0.4) is 0 Å². The van der Waals surface area contributed by atoms with Crippen LogP contribution in [0.15, 0.2) is 24.7 Å². The van der Waals surface area contributed by atoms with Crippen molar-refractivity contribution in [2.75, 3.05) is 0 Å². The maximum Gasteiger partial charge on any atom is 0.287 e. The minimum Gasteiger partial charge on any atom is -0.455 e. The molecule has 4 nitrogen and oxygen atoms in total. The smallest absolute Gasteiger partial charge is 0.287 e. The summed E-state index contributed by atoms with van der Waals surface area (Å²) < 4.78 is 61.7. The lowest BCUT2D eigenvalue weighted by atomic mass is 9.98. The van der Waals surface area contributed by atoms with E-state index in [4.69, 9.17) is 11.3 Å². The number of alkyl halides is 4. The fourth-order valence-corrected chi connectivity index (χ4v) is 2.92. The summed E-state index contributed by atoms with van der Waals surface area (Å²) in [7, 11) is 0. The third-order valence-corrected chi connectivity index (χ3v) is 4.08. The summed E-state index contributed by atoms with van der Waals surface area (Å²) in [5.74, 6) is -4.47. The first-order valence-corrected chi connectivity index (χ1v) is 7.43. The van der Waals surface area contributed by atoms with Crippen LogP contribution in [0.1, 0.15) is 42.8 Å². The maximum absolute atomic E-state index is 14.4. The van der Waals surface area contributed by atoms with Crippen molar-refractivity contribution >= 4 is 5.69 Å². The Morgan fingerprint density at radius 3 is 2.56 bits per heavy atom. The van der Waals surface area contributed by atoms with E-state index < -0.39 is 29.9 Å². The molecular formula is C17H13F4N3O. The highest BCUT2D eigenvalue weighted by Gasteiger charge is 2.47. The molecule has 0 unspecified atom stereocenters. The van der Waals surface area contributed by atoms with Crippen molar-refractivity contribution in [1.82, 2.24) is 9.97 Å². The Balaban J connectivity index is 2.12. The molecular weight excluding hydrogens is 338 g/mol. The predicted octanol–water partition coefficient (Wildman–Crippen LogP) is 5.40. The molecule has 1 aliphatic carbocycles. The van der Waals surface area contributed by atoms with Crippen LogP contribution < -0.4 is 4.74 Å². The number of pyridine rings is 2. The quantitative estimate of drug-likeness (QED) is 0.549. The molecule has 0 spiro atoms. The average molecular weight is 351 g/mol. The molecule has 3 rings (SSSR count). The summed E-state index contributed by atoms with van der Waals surface area (Å²) in [6.45, 7) is 8.92. The van der Waals surface area contributed by atoms with Gasteiger partial charge in [-0.1, -0.05) is 6.92 Å². The lowest BCUT2D eigenvalue weighted by Gasteiger charge is -2.18. The molecule has 3 atom stereocenters. The maximum atomic E-state index is 14.4. The van der Waals surface area contributed by atoms with Crippen molar-refractivity contribution in [3.8, 4) is 11.5 Å². The number of nitrogens with zero attached hydrogens (tertiary/aromatic N) is 3. The largest absolute Gasteiger partial charge is 0.455 e. The van der Waals surface area contributed by atoms with Gasteiger partial charge in [-0.2, -0.15) is 8.78 Å². The van der Waals surface area contributed by atoms with Gasteiger partial charge in [0.1, 0.15) is 17.6 Å². The van der Waals surface area contributed by atoms with Crippen LogP contribution in [-0.2, 0) is 5.92 Å². The topological polar surface area (TPSA) is 39.4 Å². The first-order chi connectivity index (χ1) is 11.7. The van der Waals surface area contributed by atoms with E-state index in [1.807, 2.05) is 0 Å². The molecule has 130 valence electrons. The van der Waals surface area contributed by atoms with E-state index >= 15 is 0 Å². The number of fused-ring (bicyclic) bond motifs is 1. The van der Waals surface area contributed by atoms with Gasteiger partial charge in [-0.05, 0) is 11.6 Å². The highest BCUT2D eigenvalue weighted by Crippen LogP contribution is 2.52. The molecule has 1 aliphatic rings. The lowest BCUT2D eigenvalue weighted by Crippen LogP contribution is -2.15. The average Bonchev–Trinajstić information content (AvgIpc) is 2.79. The zero-order valence-corrected chi connectivity index (χ0v) is 13.3. The number of hydrogen-bond acceptors (Lipinski definition) is 3. The minimum absolute atomic E-state index is 0.107. The van der Waals surface area contributed by atoms with Gasteiger partial charge in [0.15, 0.2) is 11.9 Å². The van der Waals surface area contributed by atoms with E-state index in [9.17, 15) is 17.6 Å². The molecule has 0 saturated heterocycles. The second kappa shape index (κ2) is 5.99. The molecule has 0 aromatic carbocycles. The summed E-state index contributed by atoms with van der Waals surface area (Å²) >= 11 is 0. The Morgan fingerprint density at radius 2 is 1.92 bits per heavy atom. The summed E-state index contributed by atoms with van der Waals surface area (Å²) in [6, 6.07) is 1.35. The van der Waals surface area contributed by atoms with Gasteiger partial charge in [-0.3, -0.25) is 9.97 Å². The third kappa shape index (κ3) is 2.90. The Bertz CT molecular complexity index is 860. The van der Waals surface area contributed by atoms with E-state index in [1.165, 1.54) is 25.4 Å². The lowest BCUT2D eigenvalue weighted by molar-refractivity contribution is 0.0113. The zero-order chi connectivity index (χ0) is 18.4. The van der Waals surface area contributed by atoms with Crippen LogP contribution in [0, 0.1) is 6.57 Å². The predicted molar refractivity (Wildman–Crippen MR) is 81.5 cm³/mol. The monoisotopic (exact) mass is 351 g/mol. The van der Waals surface area contributed by atoms with Crippen molar-refractivity contribution in [1.29, 1.82) is 0 Å². The number of rotatable bonds is 3. The van der Waals surface area contributed by atoms with Gasteiger partial charge in [-0.25, -0.2) is 13.6 Å². The SMILES string of the molecule is [C-]#[N+]c1cncc(Oc2cnc(C(C)(F)F)c3c2[C@@H](F)[C@@H](F)[C@H]3C)c1. The van der Waals surface area contributed by atoms with Crippen molar-refractivity contribution < 1.29 is 22.3 Å². The summed E-state index contributed by atoms with van der Waals surface area (Å²) in [6.07, 6.45) is -0.521. The van der Waals surface area contributed by atoms with Crippen LogP contribution in [0.4, 0.5) is 23.2 Å². The van der Waals surface area contributed by atoms with E-state index in [-0.39, 0.29) is 28.3 Å². The van der Waals surface area contributed by atoms with Gasteiger partial charge in [0.2, 0.25) is 5.69 Å². The highest BCUT2D eigenvalue weighted by atomic mass is 19.3. The van der Waals surface area contributed by atoms with Gasteiger partial charge < -0.3 is 4.74 Å². The number of hydrogen-bond donors (Lipinski definition) is 0. The van der Waals surface area contributed by atoms with Crippen LogP contribution in [0.2, 0.25) is 0 Å². The van der Waals surface area contributed by atoms with Crippen molar-refractivity contribution in [3.63, 3.8) is 0 Å². The zero-order valence-electron chi connectivity index (χ0n) is 13.3. The summed E-state index contributed by atoms with van der Waals surface area (Å²) in [5.41, 5.74) is -0.899. The molecule has 0 saturated carbocycles. The Labute approximate surface area is 141 Å². The van der Waals surface area contributed by atoms with E-state index in [0.29, 0.717) is 6.92 Å². The number of halogens is 4. The fourth-order valence-electron chi connectivity index (χ4n) is 2.92. The highest BCUT2D eigenvalue weighted by molar-refractivity contribution is 5.53. The van der Waals surface area contributed by atoms with Crippen LogP contribution in [-0.4, -0.2) is 16.1 Å². The van der Waals surface area contributed by atoms with Crippen molar-refractivity contribution in [2.24, 2.45) is 0 Å². The number of aromatic nitrogens is 2.